The van der Waals surface area contributed by atoms with E-state index in [-0.39, 0.29) is 5.91 Å². The summed E-state index contributed by atoms with van der Waals surface area (Å²) in [5, 5.41) is 3.37. The van der Waals surface area contributed by atoms with Crippen molar-refractivity contribution >= 4 is 29.3 Å². The van der Waals surface area contributed by atoms with Gasteiger partial charge in [0.15, 0.2) is 16.6 Å². The minimum atomic E-state index is -0.134. The van der Waals surface area contributed by atoms with Gasteiger partial charge < -0.3 is 19.5 Å². The fourth-order valence-electron chi connectivity index (χ4n) is 2.35. The van der Waals surface area contributed by atoms with Gasteiger partial charge in [-0.2, -0.15) is 0 Å². The fourth-order valence-corrected chi connectivity index (χ4v) is 2.63. The summed E-state index contributed by atoms with van der Waals surface area (Å²) < 4.78 is 15.9. The summed E-state index contributed by atoms with van der Waals surface area (Å²) in [4.78, 5) is 13.9. The van der Waals surface area contributed by atoms with Gasteiger partial charge in [-0.3, -0.25) is 9.69 Å². The minimum absolute atomic E-state index is 0.134. The largest absolute Gasteiger partial charge is 0.493 e. The van der Waals surface area contributed by atoms with E-state index in [1.165, 1.54) is 0 Å². The molecule has 0 unspecified atom stereocenters. The molecule has 1 heterocycles. The summed E-state index contributed by atoms with van der Waals surface area (Å²) in [7, 11) is 4.64. The standard InChI is InChI=1S/C16H20N2O4S/c1-5-6-18-15(19)11(17-16(18)23)7-10-8-12(20-2)14(22-4)13(9-10)21-3/h7-9H,5-6H2,1-4H3,(H,17,23). The fraction of sp³-hybridized carbons (Fsp3) is 0.375. The lowest BCUT2D eigenvalue weighted by molar-refractivity contribution is -0.122. The molecule has 0 aliphatic carbocycles. The Morgan fingerprint density at radius 2 is 1.78 bits per heavy atom. The molecule has 124 valence electrons. The number of amides is 1. The van der Waals surface area contributed by atoms with Crippen molar-refractivity contribution in [3.05, 3.63) is 23.4 Å². The summed E-state index contributed by atoms with van der Waals surface area (Å²) in [6.45, 7) is 2.59. The van der Waals surface area contributed by atoms with Crippen LogP contribution in [0.5, 0.6) is 17.2 Å². The van der Waals surface area contributed by atoms with E-state index >= 15 is 0 Å². The van der Waals surface area contributed by atoms with Crippen LogP contribution in [0, 0.1) is 0 Å². The summed E-state index contributed by atoms with van der Waals surface area (Å²) >= 11 is 5.20. The average molecular weight is 336 g/mol. The van der Waals surface area contributed by atoms with Crippen LogP contribution in [0.1, 0.15) is 18.9 Å². The average Bonchev–Trinajstić information content (AvgIpc) is 2.81. The van der Waals surface area contributed by atoms with Crippen molar-refractivity contribution in [1.29, 1.82) is 0 Å². The van der Waals surface area contributed by atoms with Crippen LogP contribution in [0.15, 0.2) is 17.8 Å². The summed E-state index contributed by atoms with van der Waals surface area (Å²) in [6, 6.07) is 3.55. The maximum atomic E-state index is 12.4. The van der Waals surface area contributed by atoms with Gasteiger partial charge in [0.05, 0.1) is 21.3 Å². The van der Waals surface area contributed by atoms with E-state index in [1.807, 2.05) is 6.92 Å². The Hall–Kier alpha value is -2.28. The number of carbonyl (C=O) groups is 1. The number of benzene rings is 1. The van der Waals surface area contributed by atoms with Crippen molar-refractivity contribution < 1.29 is 19.0 Å². The highest BCUT2D eigenvalue weighted by Gasteiger charge is 2.29. The first kappa shape index (κ1) is 17.1. The van der Waals surface area contributed by atoms with Crippen LogP contribution < -0.4 is 19.5 Å². The Morgan fingerprint density at radius 3 is 2.26 bits per heavy atom. The van der Waals surface area contributed by atoms with E-state index in [0.29, 0.717) is 34.6 Å². The smallest absolute Gasteiger partial charge is 0.276 e. The predicted octanol–water partition coefficient (Wildman–Crippen LogP) is 2.18. The Kier molecular flexibility index (Phi) is 5.44. The molecule has 1 aliphatic heterocycles. The Balaban J connectivity index is 2.40. The van der Waals surface area contributed by atoms with E-state index in [0.717, 1.165) is 12.0 Å². The molecule has 2 rings (SSSR count). The van der Waals surface area contributed by atoms with E-state index in [1.54, 1.807) is 44.4 Å². The highest BCUT2D eigenvalue weighted by atomic mass is 32.1. The molecule has 7 heteroatoms. The third kappa shape index (κ3) is 3.39. The number of hydrogen-bond donors (Lipinski definition) is 1. The second kappa shape index (κ2) is 7.32. The second-order valence-corrected chi connectivity index (χ2v) is 5.29. The number of thiocarbonyl (C=S) groups is 1. The predicted molar refractivity (Wildman–Crippen MR) is 91.8 cm³/mol. The van der Waals surface area contributed by atoms with E-state index in [2.05, 4.69) is 5.32 Å². The van der Waals surface area contributed by atoms with Crippen molar-refractivity contribution in [2.75, 3.05) is 27.9 Å². The van der Waals surface area contributed by atoms with Crippen molar-refractivity contribution in [3.63, 3.8) is 0 Å². The van der Waals surface area contributed by atoms with Crippen molar-refractivity contribution in [2.45, 2.75) is 13.3 Å². The summed E-state index contributed by atoms with van der Waals surface area (Å²) in [5.41, 5.74) is 1.18. The molecule has 0 spiro atoms. The zero-order valence-corrected chi connectivity index (χ0v) is 14.5. The molecule has 1 fully saturated rings. The van der Waals surface area contributed by atoms with Crippen LogP contribution in [-0.4, -0.2) is 43.8 Å². The lowest BCUT2D eigenvalue weighted by Gasteiger charge is -2.13. The van der Waals surface area contributed by atoms with E-state index < -0.39 is 0 Å². The Labute approximate surface area is 141 Å². The van der Waals surface area contributed by atoms with Crippen molar-refractivity contribution in [3.8, 4) is 17.2 Å². The van der Waals surface area contributed by atoms with Crippen molar-refractivity contribution in [2.24, 2.45) is 0 Å². The monoisotopic (exact) mass is 336 g/mol. The number of nitrogens with zero attached hydrogens (tertiary/aromatic N) is 1. The molecule has 0 atom stereocenters. The van der Waals surface area contributed by atoms with Crippen LogP contribution in [-0.2, 0) is 4.79 Å². The van der Waals surface area contributed by atoms with E-state index in [4.69, 9.17) is 26.4 Å². The van der Waals surface area contributed by atoms with Crippen LogP contribution in [0.4, 0.5) is 0 Å². The molecule has 1 saturated heterocycles. The number of hydrogen-bond acceptors (Lipinski definition) is 5. The van der Waals surface area contributed by atoms with Gasteiger partial charge in [0, 0.05) is 6.54 Å². The number of ether oxygens (including phenoxy) is 3. The highest BCUT2D eigenvalue weighted by molar-refractivity contribution is 7.80. The minimum Gasteiger partial charge on any atom is -0.493 e. The number of carbonyl (C=O) groups excluding carboxylic acids is 1. The quantitative estimate of drug-likeness (QED) is 0.635. The number of nitrogens with one attached hydrogen (secondary N) is 1. The number of rotatable bonds is 6. The van der Waals surface area contributed by atoms with Crippen molar-refractivity contribution in [1.82, 2.24) is 10.2 Å². The lowest BCUT2D eigenvalue weighted by Crippen LogP contribution is -2.31. The molecule has 0 radical (unpaired) electrons. The molecule has 23 heavy (non-hydrogen) atoms. The molecule has 0 saturated carbocycles. The molecule has 0 aromatic heterocycles. The molecule has 1 amide bonds. The normalized spacial score (nSPS) is 15.8. The van der Waals surface area contributed by atoms with Gasteiger partial charge in [-0.05, 0) is 42.4 Å². The third-order valence-electron chi connectivity index (χ3n) is 3.41. The van der Waals surface area contributed by atoms with Gasteiger partial charge in [0.25, 0.3) is 5.91 Å². The van der Waals surface area contributed by atoms with Crippen LogP contribution in [0.3, 0.4) is 0 Å². The van der Waals surface area contributed by atoms with Gasteiger partial charge in [-0.1, -0.05) is 6.92 Å². The molecule has 6 nitrogen and oxygen atoms in total. The van der Waals surface area contributed by atoms with Gasteiger partial charge in [-0.25, -0.2) is 0 Å². The molecule has 1 aromatic carbocycles. The molecule has 1 aliphatic rings. The van der Waals surface area contributed by atoms with Crippen LogP contribution in [0.2, 0.25) is 0 Å². The first-order chi connectivity index (χ1) is 11.0. The first-order valence-corrected chi connectivity index (χ1v) is 7.61. The zero-order valence-electron chi connectivity index (χ0n) is 13.6. The summed E-state index contributed by atoms with van der Waals surface area (Å²) in [6.07, 6.45) is 2.56. The van der Waals surface area contributed by atoms with Crippen LogP contribution >= 0.6 is 12.2 Å². The topological polar surface area (TPSA) is 60.0 Å². The first-order valence-electron chi connectivity index (χ1n) is 7.20. The molecular weight excluding hydrogens is 316 g/mol. The Morgan fingerprint density at radius 1 is 1.17 bits per heavy atom. The van der Waals surface area contributed by atoms with Gasteiger partial charge in [-0.15, -0.1) is 0 Å². The Bertz CT molecular complexity index is 632. The zero-order chi connectivity index (χ0) is 17.0. The number of methoxy groups -OCH3 is 3. The third-order valence-corrected chi connectivity index (χ3v) is 3.73. The molecule has 1 N–H and O–H groups in total. The van der Waals surface area contributed by atoms with Gasteiger partial charge >= 0.3 is 0 Å². The molecular formula is C16H20N2O4S. The maximum absolute atomic E-state index is 12.4. The SMILES string of the molecule is CCCN1C(=O)C(=Cc2cc(OC)c(OC)c(OC)c2)NC1=S. The molecule has 1 aromatic rings. The summed E-state index contributed by atoms with van der Waals surface area (Å²) in [5.74, 6) is 1.42. The van der Waals surface area contributed by atoms with E-state index in [9.17, 15) is 4.79 Å². The lowest BCUT2D eigenvalue weighted by atomic mass is 10.1. The van der Waals surface area contributed by atoms with Gasteiger partial charge in [0.2, 0.25) is 5.75 Å². The highest BCUT2D eigenvalue weighted by Crippen LogP contribution is 2.38. The second-order valence-electron chi connectivity index (χ2n) is 4.90. The maximum Gasteiger partial charge on any atom is 0.276 e. The van der Waals surface area contributed by atoms with Gasteiger partial charge in [0.1, 0.15) is 5.70 Å². The molecule has 0 bridgehead atoms. The van der Waals surface area contributed by atoms with Crippen LogP contribution in [0.25, 0.3) is 6.08 Å².